The number of nitrogens with zero attached hydrogens (tertiary/aromatic N) is 2. The van der Waals surface area contributed by atoms with E-state index in [2.05, 4.69) is 4.74 Å². The normalized spacial score (nSPS) is 24.2. The fraction of sp³-hybridized carbons (Fsp3) is 0.786. The number of cyclic esters (lactones) is 1. The summed E-state index contributed by atoms with van der Waals surface area (Å²) in [6.45, 7) is 1.55. The van der Waals surface area contributed by atoms with Gasteiger partial charge in [0.15, 0.2) is 6.61 Å². The Hall–Kier alpha value is -1.59. The zero-order valence-electron chi connectivity index (χ0n) is 11.5. The molecule has 2 aliphatic heterocycles. The number of carbonyl (C=O) groups excluding carboxylic acids is 3. The van der Waals surface area contributed by atoms with Gasteiger partial charge in [0.05, 0.1) is 0 Å². The molecule has 0 bridgehead atoms. The van der Waals surface area contributed by atoms with Crippen LogP contribution in [0.4, 0.5) is 4.79 Å². The number of carbonyl (C=O) groups is 3. The molecule has 0 aromatic heterocycles. The molecule has 0 spiro atoms. The molecule has 0 radical (unpaired) electrons. The lowest BCUT2D eigenvalue weighted by Crippen LogP contribution is -2.54. The summed E-state index contributed by atoms with van der Waals surface area (Å²) in [7, 11) is 0. The third-order valence-corrected chi connectivity index (χ3v) is 4.53. The molecule has 1 aliphatic carbocycles. The van der Waals surface area contributed by atoms with E-state index in [-0.39, 0.29) is 24.3 Å². The number of ether oxygens (including phenoxy) is 1. The van der Waals surface area contributed by atoms with Crippen LogP contribution in [0.15, 0.2) is 0 Å². The standard InChI is InChI=1S/C14H20N2O4/c17-12(5-10-3-1-2-4-10)15-6-11(7-15)8-16-13(18)9-20-14(16)19/h10-11H,1-9H2. The van der Waals surface area contributed by atoms with E-state index in [4.69, 9.17) is 0 Å². The molecule has 0 atom stereocenters. The summed E-state index contributed by atoms with van der Waals surface area (Å²) < 4.78 is 4.67. The Bertz CT molecular complexity index is 409. The minimum atomic E-state index is -0.550. The van der Waals surface area contributed by atoms with Gasteiger partial charge in [-0.3, -0.25) is 9.59 Å². The Morgan fingerprint density at radius 1 is 1.15 bits per heavy atom. The highest BCUT2D eigenvalue weighted by molar-refractivity contribution is 5.97. The Balaban J connectivity index is 1.41. The quantitative estimate of drug-likeness (QED) is 0.770. The highest BCUT2D eigenvalue weighted by Crippen LogP contribution is 2.29. The fourth-order valence-corrected chi connectivity index (χ4v) is 3.30. The minimum absolute atomic E-state index is 0.143. The van der Waals surface area contributed by atoms with E-state index in [1.165, 1.54) is 25.7 Å². The number of amides is 3. The third-order valence-electron chi connectivity index (χ3n) is 4.53. The van der Waals surface area contributed by atoms with Crippen LogP contribution >= 0.6 is 0 Å². The molecule has 20 heavy (non-hydrogen) atoms. The first-order chi connectivity index (χ1) is 9.63. The molecule has 6 nitrogen and oxygen atoms in total. The molecule has 2 saturated heterocycles. The van der Waals surface area contributed by atoms with E-state index in [9.17, 15) is 14.4 Å². The predicted octanol–water partition coefficient (Wildman–Crippen LogP) is 1.00. The van der Waals surface area contributed by atoms with Gasteiger partial charge >= 0.3 is 6.09 Å². The summed E-state index contributed by atoms with van der Waals surface area (Å²) >= 11 is 0. The van der Waals surface area contributed by atoms with Gasteiger partial charge in [-0.2, -0.15) is 0 Å². The molecule has 0 N–H and O–H groups in total. The zero-order valence-corrected chi connectivity index (χ0v) is 11.5. The van der Waals surface area contributed by atoms with Gasteiger partial charge in [-0.15, -0.1) is 0 Å². The minimum Gasteiger partial charge on any atom is -0.439 e. The van der Waals surface area contributed by atoms with Crippen LogP contribution in [0.5, 0.6) is 0 Å². The second-order valence-corrected chi connectivity index (χ2v) is 6.08. The summed E-state index contributed by atoms with van der Waals surface area (Å²) in [6.07, 6.45) is 4.97. The van der Waals surface area contributed by atoms with Crippen molar-refractivity contribution in [3.8, 4) is 0 Å². The molecule has 110 valence electrons. The van der Waals surface area contributed by atoms with Crippen molar-refractivity contribution in [3.05, 3.63) is 0 Å². The maximum atomic E-state index is 12.0. The summed E-state index contributed by atoms with van der Waals surface area (Å²) in [5.41, 5.74) is 0. The second kappa shape index (κ2) is 5.42. The lowest BCUT2D eigenvalue weighted by Gasteiger charge is -2.40. The topological polar surface area (TPSA) is 66.9 Å². The van der Waals surface area contributed by atoms with Crippen molar-refractivity contribution in [1.82, 2.24) is 9.80 Å². The van der Waals surface area contributed by atoms with Gasteiger partial charge in [-0.1, -0.05) is 12.8 Å². The summed E-state index contributed by atoms with van der Waals surface area (Å²) in [6, 6.07) is 0. The molecule has 6 heteroatoms. The molecule has 0 aromatic carbocycles. The number of hydrogen-bond acceptors (Lipinski definition) is 4. The van der Waals surface area contributed by atoms with E-state index >= 15 is 0 Å². The molecular formula is C14H20N2O4. The maximum absolute atomic E-state index is 12.0. The number of likely N-dealkylation sites (tertiary alicyclic amines) is 1. The van der Waals surface area contributed by atoms with Crippen LogP contribution in [-0.2, 0) is 14.3 Å². The van der Waals surface area contributed by atoms with Crippen molar-refractivity contribution in [2.45, 2.75) is 32.1 Å². The van der Waals surface area contributed by atoms with Gasteiger partial charge < -0.3 is 9.64 Å². The maximum Gasteiger partial charge on any atom is 0.417 e. The number of rotatable bonds is 4. The van der Waals surface area contributed by atoms with Crippen LogP contribution in [0.3, 0.4) is 0 Å². The SMILES string of the molecule is O=C(CC1CCCC1)N1CC(CN2C(=O)COC2=O)C1. The Labute approximate surface area is 118 Å². The Morgan fingerprint density at radius 3 is 2.45 bits per heavy atom. The summed E-state index contributed by atoms with van der Waals surface area (Å²) in [4.78, 5) is 37.8. The van der Waals surface area contributed by atoms with Crippen molar-refractivity contribution in [3.63, 3.8) is 0 Å². The summed E-state index contributed by atoms with van der Waals surface area (Å²) in [5, 5.41) is 0. The second-order valence-electron chi connectivity index (χ2n) is 6.08. The van der Waals surface area contributed by atoms with Gasteiger partial charge in [0, 0.05) is 32.0 Å². The van der Waals surface area contributed by atoms with Crippen LogP contribution in [0, 0.1) is 11.8 Å². The van der Waals surface area contributed by atoms with Gasteiger partial charge in [0.25, 0.3) is 5.91 Å². The van der Waals surface area contributed by atoms with Crippen molar-refractivity contribution in [2.75, 3.05) is 26.2 Å². The average Bonchev–Trinajstić information content (AvgIpc) is 2.96. The fourth-order valence-electron chi connectivity index (χ4n) is 3.30. The Kier molecular flexibility index (Phi) is 3.63. The largest absolute Gasteiger partial charge is 0.439 e. The van der Waals surface area contributed by atoms with Gasteiger partial charge in [0.1, 0.15) is 0 Å². The predicted molar refractivity (Wildman–Crippen MR) is 69.7 cm³/mol. The van der Waals surface area contributed by atoms with E-state index in [1.54, 1.807) is 0 Å². The van der Waals surface area contributed by atoms with Crippen molar-refractivity contribution in [2.24, 2.45) is 11.8 Å². The van der Waals surface area contributed by atoms with Gasteiger partial charge in [-0.25, -0.2) is 9.69 Å². The van der Waals surface area contributed by atoms with Crippen molar-refractivity contribution >= 4 is 17.9 Å². The lowest BCUT2D eigenvalue weighted by molar-refractivity contribution is -0.139. The van der Waals surface area contributed by atoms with Crippen LogP contribution in [0.1, 0.15) is 32.1 Å². The Morgan fingerprint density at radius 2 is 1.85 bits per heavy atom. The monoisotopic (exact) mass is 280 g/mol. The molecule has 0 aromatic rings. The van der Waals surface area contributed by atoms with Crippen molar-refractivity contribution < 1.29 is 19.1 Å². The smallest absolute Gasteiger partial charge is 0.417 e. The van der Waals surface area contributed by atoms with Crippen LogP contribution in [-0.4, -0.2) is 53.9 Å². The van der Waals surface area contributed by atoms with Gasteiger partial charge in [0.2, 0.25) is 5.91 Å². The zero-order chi connectivity index (χ0) is 14.1. The van der Waals surface area contributed by atoms with Crippen molar-refractivity contribution in [1.29, 1.82) is 0 Å². The first kappa shape index (κ1) is 13.4. The molecule has 1 saturated carbocycles. The number of hydrogen-bond donors (Lipinski definition) is 0. The van der Waals surface area contributed by atoms with Crippen LogP contribution in [0.25, 0.3) is 0 Å². The highest BCUT2D eigenvalue weighted by atomic mass is 16.6. The van der Waals surface area contributed by atoms with Gasteiger partial charge in [-0.05, 0) is 18.8 Å². The third kappa shape index (κ3) is 2.64. The van der Waals surface area contributed by atoms with E-state index in [1.807, 2.05) is 4.90 Å². The van der Waals surface area contributed by atoms with E-state index in [0.29, 0.717) is 32.0 Å². The first-order valence-electron chi connectivity index (χ1n) is 7.38. The molecule has 0 unspecified atom stereocenters. The van der Waals surface area contributed by atoms with E-state index < -0.39 is 6.09 Å². The van der Waals surface area contributed by atoms with Crippen LogP contribution in [0.2, 0.25) is 0 Å². The molecule has 2 heterocycles. The molecule has 3 aliphatic rings. The van der Waals surface area contributed by atoms with E-state index in [0.717, 1.165) is 4.90 Å². The lowest BCUT2D eigenvalue weighted by atomic mass is 9.96. The molecular weight excluding hydrogens is 260 g/mol. The molecule has 3 fully saturated rings. The first-order valence-corrected chi connectivity index (χ1v) is 7.38. The number of imide groups is 1. The molecule has 3 rings (SSSR count). The molecule has 3 amide bonds. The summed E-state index contributed by atoms with van der Waals surface area (Å²) in [5.74, 6) is 0.725. The average molecular weight is 280 g/mol. The van der Waals surface area contributed by atoms with Crippen LogP contribution < -0.4 is 0 Å². The highest BCUT2D eigenvalue weighted by Gasteiger charge is 2.38.